The SMILES string of the molecule is CC(C)(C)C1CCN(c2cc(C#N)ccc2N)CC1. The molecule has 0 atom stereocenters. The van der Waals surface area contributed by atoms with Gasteiger partial charge >= 0.3 is 0 Å². The van der Waals surface area contributed by atoms with Gasteiger partial charge < -0.3 is 10.6 Å². The van der Waals surface area contributed by atoms with Crippen molar-refractivity contribution in [3.05, 3.63) is 23.8 Å². The van der Waals surface area contributed by atoms with E-state index in [1.165, 1.54) is 12.8 Å². The zero-order valence-electron chi connectivity index (χ0n) is 12.1. The second-order valence-corrected chi connectivity index (χ2v) is 6.51. The summed E-state index contributed by atoms with van der Waals surface area (Å²) in [6, 6.07) is 7.71. The molecule has 0 spiro atoms. The molecule has 0 bridgehead atoms. The van der Waals surface area contributed by atoms with E-state index in [2.05, 4.69) is 31.7 Å². The number of piperidine rings is 1. The summed E-state index contributed by atoms with van der Waals surface area (Å²) >= 11 is 0. The fourth-order valence-electron chi connectivity index (χ4n) is 2.87. The van der Waals surface area contributed by atoms with E-state index < -0.39 is 0 Å². The lowest BCUT2D eigenvalue weighted by Gasteiger charge is -2.40. The average Bonchev–Trinajstić information content (AvgIpc) is 2.38. The predicted molar refractivity (Wildman–Crippen MR) is 80.0 cm³/mol. The number of nitrogens with two attached hydrogens (primary N) is 1. The maximum atomic E-state index is 8.99. The molecule has 2 rings (SSSR count). The van der Waals surface area contributed by atoms with Crippen molar-refractivity contribution in [3.8, 4) is 6.07 Å². The molecule has 0 aliphatic carbocycles. The minimum atomic E-state index is 0.381. The first-order valence-electron chi connectivity index (χ1n) is 6.96. The van der Waals surface area contributed by atoms with Gasteiger partial charge in [0.05, 0.1) is 23.0 Å². The molecule has 3 nitrogen and oxygen atoms in total. The molecule has 19 heavy (non-hydrogen) atoms. The third-order valence-electron chi connectivity index (χ3n) is 4.22. The minimum absolute atomic E-state index is 0.381. The molecule has 0 amide bonds. The van der Waals surface area contributed by atoms with E-state index in [9.17, 15) is 0 Å². The summed E-state index contributed by atoms with van der Waals surface area (Å²) < 4.78 is 0. The third kappa shape index (κ3) is 3.01. The summed E-state index contributed by atoms with van der Waals surface area (Å²) in [5.74, 6) is 0.768. The van der Waals surface area contributed by atoms with Crippen LogP contribution in [0.1, 0.15) is 39.2 Å². The normalized spacial score (nSPS) is 17.3. The first-order valence-corrected chi connectivity index (χ1v) is 6.96. The molecule has 1 aliphatic rings. The second kappa shape index (κ2) is 5.13. The van der Waals surface area contributed by atoms with Crippen LogP contribution in [0, 0.1) is 22.7 Å². The molecule has 1 aromatic rings. The van der Waals surface area contributed by atoms with Crippen LogP contribution in [-0.4, -0.2) is 13.1 Å². The van der Waals surface area contributed by atoms with Gasteiger partial charge in [-0.1, -0.05) is 20.8 Å². The summed E-state index contributed by atoms with van der Waals surface area (Å²) in [4.78, 5) is 2.32. The van der Waals surface area contributed by atoms with Crippen LogP contribution in [0.4, 0.5) is 11.4 Å². The standard InChI is InChI=1S/C16H23N3/c1-16(2,3)13-6-8-19(9-7-13)15-10-12(11-17)4-5-14(15)18/h4-5,10,13H,6-9,18H2,1-3H3. The molecule has 3 heteroatoms. The summed E-state index contributed by atoms with van der Waals surface area (Å²) in [6.07, 6.45) is 2.39. The fourth-order valence-corrected chi connectivity index (χ4v) is 2.87. The first-order chi connectivity index (χ1) is 8.91. The summed E-state index contributed by atoms with van der Waals surface area (Å²) in [6.45, 7) is 9.01. The zero-order chi connectivity index (χ0) is 14.0. The molecule has 1 heterocycles. The molecule has 0 unspecified atom stereocenters. The van der Waals surface area contributed by atoms with Crippen LogP contribution in [0.15, 0.2) is 18.2 Å². The number of hydrogen-bond acceptors (Lipinski definition) is 3. The number of anilines is 2. The molecule has 2 N–H and O–H groups in total. The van der Waals surface area contributed by atoms with Crippen LogP contribution < -0.4 is 10.6 Å². The van der Waals surface area contributed by atoms with E-state index in [-0.39, 0.29) is 0 Å². The number of nitriles is 1. The highest BCUT2D eigenvalue weighted by atomic mass is 15.1. The largest absolute Gasteiger partial charge is 0.397 e. The van der Waals surface area contributed by atoms with E-state index in [0.717, 1.165) is 30.4 Å². The Morgan fingerprint density at radius 3 is 2.42 bits per heavy atom. The van der Waals surface area contributed by atoms with Gasteiger partial charge in [-0.15, -0.1) is 0 Å². The maximum absolute atomic E-state index is 8.99. The van der Waals surface area contributed by atoms with Crippen LogP contribution in [0.25, 0.3) is 0 Å². The van der Waals surface area contributed by atoms with Gasteiger partial charge in [-0.25, -0.2) is 0 Å². The highest BCUT2D eigenvalue weighted by molar-refractivity contribution is 5.69. The van der Waals surface area contributed by atoms with Crippen LogP contribution in [-0.2, 0) is 0 Å². The molecule has 1 aliphatic heterocycles. The highest BCUT2D eigenvalue weighted by Gasteiger charge is 2.29. The molecule has 1 aromatic carbocycles. The summed E-state index contributed by atoms with van der Waals surface area (Å²) in [5.41, 5.74) is 8.90. The van der Waals surface area contributed by atoms with Crippen molar-refractivity contribution in [2.75, 3.05) is 23.7 Å². The average molecular weight is 257 g/mol. The number of hydrogen-bond donors (Lipinski definition) is 1. The Hall–Kier alpha value is -1.69. The molecule has 0 saturated carbocycles. The number of benzene rings is 1. The second-order valence-electron chi connectivity index (χ2n) is 6.51. The Morgan fingerprint density at radius 2 is 1.89 bits per heavy atom. The zero-order valence-corrected chi connectivity index (χ0v) is 12.1. The smallest absolute Gasteiger partial charge is 0.0992 e. The monoisotopic (exact) mass is 257 g/mol. The molecule has 0 aromatic heterocycles. The molecule has 0 radical (unpaired) electrons. The van der Waals surface area contributed by atoms with Crippen molar-refractivity contribution in [3.63, 3.8) is 0 Å². The Morgan fingerprint density at radius 1 is 1.26 bits per heavy atom. The molecular weight excluding hydrogens is 234 g/mol. The van der Waals surface area contributed by atoms with Crippen LogP contribution >= 0.6 is 0 Å². The summed E-state index contributed by atoms with van der Waals surface area (Å²) in [7, 11) is 0. The third-order valence-corrected chi connectivity index (χ3v) is 4.22. The Bertz CT molecular complexity index is 486. The van der Waals surface area contributed by atoms with Gasteiger partial charge in [-0.05, 0) is 42.4 Å². The van der Waals surface area contributed by atoms with Crippen molar-refractivity contribution < 1.29 is 0 Å². The van der Waals surface area contributed by atoms with Crippen molar-refractivity contribution in [1.29, 1.82) is 5.26 Å². The summed E-state index contributed by atoms with van der Waals surface area (Å²) in [5, 5.41) is 8.99. The topological polar surface area (TPSA) is 53.0 Å². The Kier molecular flexibility index (Phi) is 3.71. The quantitative estimate of drug-likeness (QED) is 0.784. The van der Waals surface area contributed by atoms with Gasteiger partial charge in [-0.3, -0.25) is 0 Å². The number of nitrogens with zero attached hydrogens (tertiary/aromatic N) is 2. The Balaban J connectivity index is 2.12. The maximum Gasteiger partial charge on any atom is 0.0992 e. The molecule has 1 fully saturated rings. The lowest BCUT2D eigenvalue weighted by molar-refractivity contribution is 0.199. The van der Waals surface area contributed by atoms with Gasteiger partial charge in [0, 0.05) is 13.1 Å². The van der Waals surface area contributed by atoms with Gasteiger partial charge in [0.15, 0.2) is 0 Å². The lowest BCUT2D eigenvalue weighted by atomic mass is 9.75. The van der Waals surface area contributed by atoms with E-state index in [1.54, 1.807) is 6.07 Å². The number of rotatable bonds is 1. The van der Waals surface area contributed by atoms with Gasteiger partial charge in [0.2, 0.25) is 0 Å². The number of nitrogen functional groups attached to an aromatic ring is 1. The van der Waals surface area contributed by atoms with Gasteiger partial charge in [0.1, 0.15) is 0 Å². The first kappa shape index (κ1) is 13.7. The van der Waals surface area contributed by atoms with E-state index in [1.807, 2.05) is 12.1 Å². The lowest BCUT2D eigenvalue weighted by Crippen LogP contribution is -2.38. The van der Waals surface area contributed by atoms with E-state index in [0.29, 0.717) is 11.0 Å². The van der Waals surface area contributed by atoms with E-state index in [4.69, 9.17) is 11.0 Å². The molecule has 1 saturated heterocycles. The van der Waals surface area contributed by atoms with Gasteiger partial charge in [0.25, 0.3) is 0 Å². The molecular formula is C16H23N3. The van der Waals surface area contributed by atoms with E-state index >= 15 is 0 Å². The fraction of sp³-hybridized carbons (Fsp3) is 0.562. The van der Waals surface area contributed by atoms with Crippen molar-refractivity contribution in [2.45, 2.75) is 33.6 Å². The Labute approximate surface area is 116 Å². The van der Waals surface area contributed by atoms with Crippen molar-refractivity contribution in [1.82, 2.24) is 0 Å². The van der Waals surface area contributed by atoms with Crippen LogP contribution in [0.2, 0.25) is 0 Å². The minimum Gasteiger partial charge on any atom is -0.397 e. The van der Waals surface area contributed by atoms with Crippen LogP contribution in [0.3, 0.4) is 0 Å². The molecule has 102 valence electrons. The van der Waals surface area contributed by atoms with Gasteiger partial charge in [-0.2, -0.15) is 5.26 Å². The highest BCUT2D eigenvalue weighted by Crippen LogP contribution is 2.36. The van der Waals surface area contributed by atoms with Crippen LogP contribution in [0.5, 0.6) is 0 Å². The van der Waals surface area contributed by atoms with Crippen molar-refractivity contribution in [2.24, 2.45) is 11.3 Å². The van der Waals surface area contributed by atoms with Crippen molar-refractivity contribution >= 4 is 11.4 Å². The predicted octanol–water partition coefficient (Wildman–Crippen LogP) is 3.40.